The average Bonchev–Trinajstić information content (AvgIpc) is 2.47. The second-order valence-electron chi connectivity index (χ2n) is 4.90. The van der Waals surface area contributed by atoms with Crippen molar-refractivity contribution in [1.82, 2.24) is 0 Å². The number of aliphatic hydroxyl groups is 1. The van der Waals surface area contributed by atoms with E-state index in [2.05, 4.69) is 6.58 Å². The highest BCUT2D eigenvalue weighted by Crippen LogP contribution is 2.54. The fraction of sp³-hybridized carbons (Fsp3) is 0.467. The van der Waals surface area contributed by atoms with Crippen molar-refractivity contribution in [3.05, 3.63) is 52.6 Å². The van der Waals surface area contributed by atoms with E-state index in [9.17, 15) is 19.8 Å². The van der Waals surface area contributed by atoms with E-state index in [0.717, 1.165) is 0 Å². The number of benzene rings is 1. The van der Waals surface area contributed by atoms with Crippen molar-refractivity contribution in [3.8, 4) is 0 Å². The topological polar surface area (TPSA) is 98.9 Å². The zero-order chi connectivity index (χ0) is 17.5. The van der Waals surface area contributed by atoms with Gasteiger partial charge in [0.25, 0.3) is 5.69 Å². The van der Waals surface area contributed by atoms with E-state index >= 15 is 0 Å². The molecule has 0 fully saturated rings. The van der Waals surface area contributed by atoms with Gasteiger partial charge in [-0.15, -0.1) is 6.58 Å². The van der Waals surface area contributed by atoms with Crippen LogP contribution in [0.2, 0.25) is 0 Å². The van der Waals surface area contributed by atoms with Crippen molar-refractivity contribution in [2.75, 3.05) is 19.4 Å². The van der Waals surface area contributed by atoms with E-state index in [4.69, 9.17) is 9.05 Å². The Hall–Kier alpha value is -1.53. The van der Waals surface area contributed by atoms with E-state index in [1.165, 1.54) is 24.3 Å². The zero-order valence-electron chi connectivity index (χ0n) is 13.3. The lowest BCUT2D eigenvalue weighted by atomic mass is 9.91. The summed E-state index contributed by atoms with van der Waals surface area (Å²) < 4.78 is 23.2. The maximum atomic E-state index is 12.7. The molecule has 0 aliphatic carbocycles. The smallest absolute Gasteiger partial charge is 0.333 e. The molecular formula is C15H22NO6P. The molecule has 0 amide bonds. The molecule has 1 atom stereocenters. The number of nitrogens with zero attached hydrogens (tertiary/aromatic N) is 1. The number of nitro groups is 1. The van der Waals surface area contributed by atoms with Gasteiger partial charge in [-0.3, -0.25) is 14.7 Å². The van der Waals surface area contributed by atoms with Crippen LogP contribution in [0.3, 0.4) is 0 Å². The minimum absolute atomic E-state index is 0.0258. The van der Waals surface area contributed by atoms with Crippen LogP contribution in [0.15, 0.2) is 36.9 Å². The third-order valence-electron chi connectivity index (χ3n) is 3.19. The summed E-state index contributed by atoms with van der Waals surface area (Å²) in [6, 6.07) is 5.79. The molecule has 8 heteroatoms. The van der Waals surface area contributed by atoms with Crippen LogP contribution in [0.1, 0.15) is 25.8 Å². The van der Waals surface area contributed by atoms with Gasteiger partial charge in [0.2, 0.25) is 0 Å². The van der Waals surface area contributed by atoms with Crippen LogP contribution in [0, 0.1) is 10.1 Å². The second kappa shape index (κ2) is 8.36. The first-order chi connectivity index (χ1) is 10.8. The van der Waals surface area contributed by atoms with Crippen molar-refractivity contribution >= 4 is 13.3 Å². The van der Waals surface area contributed by atoms with Crippen LogP contribution in [-0.4, -0.2) is 29.4 Å². The molecule has 0 radical (unpaired) electrons. The maximum absolute atomic E-state index is 12.7. The Morgan fingerprint density at radius 3 is 2.39 bits per heavy atom. The van der Waals surface area contributed by atoms with Gasteiger partial charge in [-0.1, -0.05) is 18.2 Å². The Bertz CT molecular complexity index is 595. The predicted molar refractivity (Wildman–Crippen MR) is 87.5 cm³/mol. The van der Waals surface area contributed by atoms with E-state index in [0.29, 0.717) is 0 Å². The quantitative estimate of drug-likeness (QED) is 0.301. The van der Waals surface area contributed by atoms with E-state index in [1.54, 1.807) is 19.9 Å². The van der Waals surface area contributed by atoms with Crippen molar-refractivity contribution in [1.29, 1.82) is 0 Å². The number of para-hydroxylation sites is 1. The van der Waals surface area contributed by atoms with Gasteiger partial charge >= 0.3 is 7.60 Å². The minimum Gasteiger partial charge on any atom is -0.384 e. The fourth-order valence-electron chi connectivity index (χ4n) is 2.37. The van der Waals surface area contributed by atoms with Crippen LogP contribution in [0.4, 0.5) is 5.69 Å². The summed E-state index contributed by atoms with van der Waals surface area (Å²) in [6.45, 7) is 7.15. The van der Waals surface area contributed by atoms with Crippen LogP contribution >= 0.6 is 7.60 Å². The van der Waals surface area contributed by atoms with Crippen LogP contribution in [-0.2, 0) is 19.2 Å². The first kappa shape index (κ1) is 19.5. The zero-order valence-corrected chi connectivity index (χ0v) is 14.2. The summed E-state index contributed by atoms with van der Waals surface area (Å²) in [4.78, 5) is 10.6. The first-order valence-corrected chi connectivity index (χ1v) is 9.00. The normalized spacial score (nSPS) is 14.2. The number of hydrogen-bond donors (Lipinski definition) is 1. The van der Waals surface area contributed by atoms with Crippen molar-refractivity contribution in [3.63, 3.8) is 0 Å². The lowest BCUT2D eigenvalue weighted by Gasteiger charge is -2.30. The standard InChI is InChI=1S/C15H22NO6P/c1-4-11-15(17,12-23(20,21-5-2)22-6-3)13-9-7-8-10-14(13)16(18)19/h4,7-10,17H,1,5-6,11-12H2,2-3H3. The van der Waals surface area contributed by atoms with Gasteiger partial charge in [0.1, 0.15) is 5.60 Å². The Kier molecular flexibility index (Phi) is 7.09. The molecule has 1 rings (SSSR count). The third kappa shape index (κ3) is 4.97. The molecule has 0 bridgehead atoms. The Balaban J connectivity index is 3.35. The summed E-state index contributed by atoms with van der Waals surface area (Å²) in [5, 5.41) is 22.2. The maximum Gasteiger partial charge on any atom is 0.333 e. The summed E-state index contributed by atoms with van der Waals surface area (Å²) in [6.07, 6.45) is 1.000. The monoisotopic (exact) mass is 343 g/mol. The molecule has 0 saturated heterocycles. The molecular weight excluding hydrogens is 321 g/mol. The Labute approximate surface area is 135 Å². The molecule has 1 aromatic carbocycles. The summed E-state index contributed by atoms with van der Waals surface area (Å²) >= 11 is 0. The van der Waals surface area contributed by atoms with Crippen molar-refractivity contribution < 1.29 is 23.6 Å². The highest BCUT2D eigenvalue weighted by atomic mass is 31.2. The molecule has 0 saturated carbocycles. The van der Waals surface area contributed by atoms with Gasteiger partial charge < -0.3 is 14.2 Å². The SMILES string of the molecule is C=CCC(O)(CP(=O)(OCC)OCC)c1ccccc1[N+](=O)[O-]. The molecule has 1 aromatic rings. The minimum atomic E-state index is -3.61. The van der Waals surface area contributed by atoms with Crippen molar-refractivity contribution in [2.45, 2.75) is 25.9 Å². The van der Waals surface area contributed by atoms with E-state index in [1.807, 2.05) is 0 Å². The Morgan fingerprint density at radius 2 is 1.91 bits per heavy atom. The molecule has 7 nitrogen and oxygen atoms in total. The van der Waals surface area contributed by atoms with Gasteiger partial charge in [0.05, 0.1) is 29.9 Å². The van der Waals surface area contributed by atoms with E-state index in [-0.39, 0.29) is 30.9 Å². The Morgan fingerprint density at radius 1 is 1.35 bits per heavy atom. The molecule has 0 aliphatic heterocycles. The predicted octanol–water partition coefficient (Wildman–Crippen LogP) is 3.62. The van der Waals surface area contributed by atoms with Crippen molar-refractivity contribution in [2.24, 2.45) is 0 Å². The fourth-order valence-corrected chi connectivity index (χ4v) is 4.35. The molecule has 0 aliphatic rings. The molecule has 0 spiro atoms. The van der Waals surface area contributed by atoms with Gasteiger partial charge in [-0.05, 0) is 26.3 Å². The highest BCUT2D eigenvalue weighted by molar-refractivity contribution is 7.53. The van der Waals surface area contributed by atoms with Gasteiger partial charge in [0.15, 0.2) is 0 Å². The lowest BCUT2D eigenvalue weighted by molar-refractivity contribution is -0.386. The summed E-state index contributed by atoms with van der Waals surface area (Å²) in [5.41, 5.74) is -1.97. The first-order valence-electron chi connectivity index (χ1n) is 7.27. The van der Waals surface area contributed by atoms with E-state index < -0.39 is 24.3 Å². The third-order valence-corrected chi connectivity index (χ3v) is 5.40. The van der Waals surface area contributed by atoms with Crippen LogP contribution in [0.25, 0.3) is 0 Å². The largest absolute Gasteiger partial charge is 0.384 e. The molecule has 1 N–H and O–H groups in total. The average molecular weight is 343 g/mol. The van der Waals surface area contributed by atoms with Crippen LogP contribution in [0.5, 0.6) is 0 Å². The van der Waals surface area contributed by atoms with Gasteiger partial charge in [-0.25, -0.2) is 0 Å². The molecule has 0 aromatic heterocycles. The van der Waals surface area contributed by atoms with Gasteiger partial charge in [0, 0.05) is 6.07 Å². The molecule has 0 heterocycles. The second-order valence-corrected chi connectivity index (χ2v) is 6.96. The lowest BCUT2D eigenvalue weighted by Crippen LogP contribution is -2.31. The highest BCUT2D eigenvalue weighted by Gasteiger charge is 2.42. The number of rotatable bonds is 10. The molecule has 128 valence electrons. The summed E-state index contributed by atoms with van der Waals surface area (Å²) in [5.74, 6) is 0. The number of hydrogen-bond acceptors (Lipinski definition) is 6. The van der Waals surface area contributed by atoms with Gasteiger partial charge in [-0.2, -0.15) is 0 Å². The number of nitro benzene ring substituents is 1. The van der Waals surface area contributed by atoms with Crippen LogP contribution < -0.4 is 0 Å². The summed E-state index contributed by atoms with van der Waals surface area (Å²) in [7, 11) is -3.61. The molecule has 23 heavy (non-hydrogen) atoms. The molecule has 1 unspecified atom stereocenters.